The summed E-state index contributed by atoms with van der Waals surface area (Å²) in [6.07, 6.45) is 0. The Morgan fingerprint density at radius 2 is 1.92 bits per heavy atom. The third kappa shape index (κ3) is 3.82. The molecule has 0 bridgehead atoms. The number of amidine groups is 1. The van der Waals surface area contributed by atoms with Crippen LogP contribution in [-0.2, 0) is 16.1 Å². The maximum absolute atomic E-state index is 11.1. The molecule has 2 aromatic rings. The summed E-state index contributed by atoms with van der Waals surface area (Å²) in [5.41, 5.74) is 8.80. The molecule has 0 radical (unpaired) electrons. The van der Waals surface area contributed by atoms with Gasteiger partial charge in [0, 0.05) is 5.56 Å². The number of carbonyl (C=O) groups excluding carboxylic acids is 1. The highest BCUT2D eigenvalue weighted by Crippen LogP contribution is 2.18. The Bertz CT molecular complexity index is 716. The van der Waals surface area contributed by atoms with Gasteiger partial charge in [-0.05, 0) is 29.8 Å². The largest absolute Gasteiger partial charge is 0.520 e. The minimum Gasteiger partial charge on any atom is -0.520 e. The molecule has 0 saturated carbocycles. The normalized spacial score (nSPS) is 13.2. The Morgan fingerprint density at radius 3 is 2.62 bits per heavy atom. The highest BCUT2D eigenvalue weighted by Gasteiger charge is 2.14. The maximum Gasteiger partial charge on any atom is 0.343 e. The molecule has 1 heterocycles. The first-order valence-corrected chi connectivity index (χ1v) is 7.41. The minimum atomic E-state index is -0.420. The summed E-state index contributed by atoms with van der Waals surface area (Å²) in [5.74, 6) is 0.886. The smallest absolute Gasteiger partial charge is 0.343 e. The highest BCUT2D eigenvalue weighted by molar-refractivity contribution is 5.99. The Kier molecular flexibility index (Phi) is 4.93. The molecular formula is C17H17N4O3-. The summed E-state index contributed by atoms with van der Waals surface area (Å²) in [4.78, 5) is 11.1. The molecule has 7 nitrogen and oxygen atoms in total. The first-order valence-electron chi connectivity index (χ1n) is 7.41. The summed E-state index contributed by atoms with van der Waals surface area (Å²) in [7, 11) is 1.32. The van der Waals surface area contributed by atoms with E-state index in [2.05, 4.69) is 20.9 Å². The lowest BCUT2D eigenvalue weighted by Gasteiger charge is -2.24. The topological polar surface area (TPSA) is 77.3 Å². The lowest BCUT2D eigenvalue weighted by atomic mass is 10.1. The molecule has 24 heavy (non-hydrogen) atoms. The zero-order chi connectivity index (χ0) is 16.8. The van der Waals surface area contributed by atoms with E-state index in [0.717, 1.165) is 17.0 Å². The van der Waals surface area contributed by atoms with Gasteiger partial charge in [-0.1, -0.05) is 30.3 Å². The van der Waals surface area contributed by atoms with Gasteiger partial charge < -0.3 is 25.1 Å². The van der Waals surface area contributed by atoms with E-state index in [4.69, 9.17) is 4.74 Å². The molecule has 0 aromatic heterocycles. The fourth-order valence-electron chi connectivity index (χ4n) is 2.22. The van der Waals surface area contributed by atoms with Gasteiger partial charge in [0.15, 0.2) is 6.61 Å². The number of nitrogens with zero attached hydrogens (tertiary/aromatic N) is 3. The van der Waals surface area contributed by atoms with Crippen LogP contribution < -0.4 is 10.3 Å². The molecule has 1 aliphatic heterocycles. The number of esters is 1. The Hall–Kier alpha value is -3.06. The molecule has 7 heteroatoms. The van der Waals surface area contributed by atoms with Gasteiger partial charge in [-0.15, -0.1) is 0 Å². The summed E-state index contributed by atoms with van der Waals surface area (Å²) in [5, 5.41) is 6.00. The van der Waals surface area contributed by atoms with E-state index in [0.29, 0.717) is 12.3 Å². The molecule has 0 fully saturated rings. The van der Waals surface area contributed by atoms with Crippen LogP contribution in [0.4, 0.5) is 0 Å². The van der Waals surface area contributed by atoms with Crippen molar-refractivity contribution in [3.63, 3.8) is 0 Å². The molecule has 0 saturated heterocycles. The minimum absolute atomic E-state index is 0.117. The van der Waals surface area contributed by atoms with Crippen molar-refractivity contribution in [3.8, 4) is 5.75 Å². The predicted molar refractivity (Wildman–Crippen MR) is 89.0 cm³/mol. The van der Waals surface area contributed by atoms with Crippen LogP contribution in [0, 0.1) is 0 Å². The van der Waals surface area contributed by atoms with E-state index >= 15 is 0 Å². The summed E-state index contributed by atoms with van der Waals surface area (Å²) in [6, 6.07) is 17.3. The highest BCUT2D eigenvalue weighted by atomic mass is 16.6. The molecular weight excluding hydrogens is 308 g/mol. The van der Waals surface area contributed by atoms with E-state index in [-0.39, 0.29) is 6.61 Å². The van der Waals surface area contributed by atoms with E-state index in [1.807, 2.05) is 47.5 Å². The number of benzene rings is 2. The van der Waals surface area contributed by atoms with E-state index in [1.54, 1.807) is 12.1 Å². The number of nitrogens with one attached hydrogen (secondary N) is 1. The van der Waals surface area contributed by atoms with Crippen LogP contribution in [0.2, 0.25) is 0 Å². The van der Waals surface area contributed by atoms with Crippen LogP contribution in [0.1, 0.15) is 11.1 Å². The molecule has 0 unspecified atom stereocenters. The average molecular weight is 325 g/mol. The van der Waals surface area contributed by atoms with E-state index in [1.165, 1.54) is 7.11 Å². The molecule has 1 aliphatic rings. The van der Waals surface area contributed by atoms with Crippen molar-refractivity contribution in [1.82, 2.24) is 10.5 Å². The van der Waals surface area contributed by atoms with Gasteiger partial charge >= 0.3 is 5.97 Å². The molecule has 1 N–H and O–H groups in total. The number of ether oxygens (including phenoxy) is 2. The first kappa shape index (κ1) is 15.8. The van der Waals surface area contributed by atoms with E-state index in [9.17, 15) is 4.79 Å². The van der Waals surface area contributed by atoms with Gasteiger partial charge in [0.1, 0.15) is 11.6 Å². The number of hydrogen-bond acceptors (Lipinski definition) is 6. The molecule has 3 rings (SSSR count). The van der Waals surface area contributed by atoms with Gasteiger partial charge in [-0.3, -0.25) is 5.53 Å². The van der Waals surface area contributed by atoms with E-state index < -0.39 is 5.97 Å². The van der Waals surface area contributed by atoms with Gasteiger partial charge in [0.2, 0.25) is 0 Å². The second-order valence-corrected chi connectivity index (χ2v) is 5.08. The number of carbonyl (C=O) groups is 1. The van der Waals surface area contributed by atoms with Crippen molar-refractivity contribution < 1.29 is 14.3 Å². The second kappa shape index (κ2) is 7.47. The maximum atomic E-state index is 11.1. The van der Waals surface area contributed by atoms with Crippen molar-refractivity contribution >= 4 is 11.8 Å². The van der Waals surface area contributed by atoms with Crippen LogP contribution in [0.15, 0.2) is 59.7 Å². The third-order valence-electron chi connectivity index (χ3n) is 3.45. The predicted octanol–water partition coefficient (Wildman–Crippen LogP) is 2.21. The van der Waals surface area contributed by atoms with Crippen molar-refractivity contribution in [3.05, 3.63) is 71.3 Å². The lowest BCUT2D eigenvalue weighted by molar-refractivity contribution is -0.142. The van der Waals surface area contributed by atoms with Gasteiger partial charge in [-0.25, -0.2) is 4.79 Å². The Labute approximate surface area is 139 Å². The summed E-state index contributed by atoms with van der Waals surface area (Å²) >= 11 is 0. The fourth-order valence-corrected chi connectivity index (χ4v) is 2.22. The first-order chi connectivity index (χ1) is 11.8. The number of rotatable bonds is 6. The van der Waals surface area contributed by atoms with Gasteiger partial charge in [-0.2, -0.15) is 0 Å². The molecule has 2 aromatic carbocycles. The number of hydrogen-bond donors (Lipinski definition) is 1. The quantitative estimate of drug-likeness (QED) is 0.824. The third-order valence-corrected chi connectivity index (χ3v) is 3.45. The number of methoxy groups -OCH3 is 1. The zero-order valence-corrected chi connectivity index (χ0v) is 13.2. The monoisotopic (exact) mass is 325 g/mol. The fraction of sp³-hybridized carbons (Fsp3) is 0.176. The second-order valence-electron chi connectivity index (χ2n) is 5.08. The lowest BCUT2D eigenvalue weighted by Crippen LogP contribution is -2.35. The Morgan fingerprint density at radius 1 is 1.17 bits per heavy atom. The van der Waals surface area contributed by atoms with Gasteiger partial charge in [0.05, 0.1) is 13.7 Å². The molecule has 0 atom stereocenters. The SMILES string of the molecule is COC(=O)COc1ccc(C2=N[N-]NN2Cc2ccccc2)cc1. The zero-order valence-electron chi connectivity index (χ0n) is 13.2. The van der Waals surface area contributed by atoms with Crippen molar-refractivity contribution in [2.75, 3.05) is 13.7 Å². The van der Waals surface area contributed by atoms with Crippen molar-refractivity contribution in [2.24, 2.45) is 5.10 Å². The van der Waals surface area contributed by atoms with Crippen LogP contribution in [0.5, 0.6) is 5.75 Å². The van der Waals surface area contributed by atoms with Crippen LogP contribution in [0.25, 0.3) is 5.53 Å². The summed E-state index contributed by atoms with van der Waals surface area (Å²) in [6.45, 7) is 0.525. The molecule has 0 spiro atoms. The van der Waals surface area contributed by atoms with Crippen LogP contribution in [0.3, 0.4) is 0 Å². The van der Waals surface area contributed by atoms with Gasteiger partial charge in [0.25, 0.3) is 0 Å². The van der Waals surface area contributed by atoms with Crippen LogP contribution >= 0.6 is 0 Å². The van der Waals surface area contributed by atoms with Crippen molar-refractivity contribution in [2.45, 2.75) is 6.54 Å². The Balaban J connectivity index is 1.65. The average Bonchev–Trinajstić information content (AvgIpc) is 3.09. The molecule has 0 amide bonds. The summed E-state index contributed by atoms with van der Waals surface area (Å²) < 4.78 is 9.87. The molecule has 0 aliphatic carbocycles. The molecule has 124 valence electrons. The number of hydrazine groups is 1. The van der Waals surface area contributed by atoms with Crippen LogP contribution in [-0.4, -0.2) is 30.5 Å². The standard InChI is InChI=1S/C17H17N4O3/c1-23-16(22)12-24-15-9-7-14(8-10-15)17-18-19-20-21(17)11-13-5-3-2-4-6-13/h2-10,20H,11-12H2,1H3/q-1. The van der Waals surface area contributed by atoms with Crippen molar-refractivity contribution in [1.29, 1.82) is 0 Å².